The number of benzene rings is 2. The minimum atomic E-state index is -0.802. The van der Waals surface area contributed by atoms with Gasteiger partial charge in [0.15, 0.2) is 5.82 Å². The first-order valence-corrected chi connectivity index (χ1v) is 10.4. The molecule has 0 aliphatic rings. The van der Waals surface area contributed by atoms with E-state index in [1.165, 1.54) is 48.5 Å². The van der Waals surface area contributed by atoms with E-state index in [0.29, 0.717) is 0 Å². The van der Waals surface area contributed by atoms with Gasteiger partial charge in [-0.15, -0.1) is 4.80 Å². The van der Waals surface area contributed by atoms with Gasteiger partial charge in [-0.2, -0.15) is 10.2 Å². The smallest absolute Gasteiger partial charge is 0.257 e. The number of carbonyl (C=O) groups is 2. The molecule has 8 nitrogen and oxygen atoms in total. The fourth-order valence-corrected chi connectivity index (χ4v) is 3.63. The van der Waals surface area contributed by atoms with Gasteiger partial charge >= 0.3 is 0 Å². The summed E-state index contributed by atoms with van der Waals surface area (Å²) < 4.78 is 28.7. The average molecular weight is 503 g/mol. The molecule has 4 aromatic rings. The van der Waals surface area contributed by atoms with E-state index < -0.39 is 23.4 Å². The lowest BCUT2D eigenvalue weighted by Crippen LogP contribution is -2.14. The number of nitrogens with one attached hydrogen (secondary N) is 2. The van der Waals surface area contributed by atoms with Crippen molar-refractivity contribution in [3.63, 3.8) is 0 Å². The Kier molecular flexibility index (Phi) is 6.53. The molecule has 0 aliphatic heterocycles. The molecule has 0 saturated carbocycles. The SMILES string of the molecule is CC(=O)Nc1cc(F)ccc1-c1cc(Cl)c(C(=O)Nc2cnc(-n3nccn3)c(Cl)c2)cc1F. The van der Waals surface area contributed by atoms with Crippen LogP contribution in [0, 0.1) is 11.6 Å². The Balaban J connectivity index is 1.62. The predicted octanol–water partition coefficient (Wildman–Crippen LogP) is 5.13. The molecule has 2 N–H and O–H groups in total. The molecule has 12 heteroatoms. The maximum atomic E-state index is 15.0. The maximum Gasteiger partial charge on any atom is 0.257 e. The molecule has 2 heterocycles. The van der Waals surface area contributed by atoms with Crippen molar-refractivity contribution >= 4 is 46.4 Å². The van der Waals surface area contributed by atoms with E-state index in [1.807, 2.05) is 0 Å². The number of hydrogen-bond donors (Lipinski definition) is 2. The Morgan fingerprint density at radius 2 is 1.68 bits per heavy atom. The molecule has 0 unspecified atom stereocenters. The third kappa shape index (κ3) is 4.87. The number of nitrogens with zero attached hydrogens (tertiary/aromatic N) is 4. The van der Waals surface area contributed by atoms with E-state index in [2.05, 4.69) is 25.8 Å². The molecule has 4 rings (SSSR count). The van der Waals surface area contributed by atoms with Gasteiger partial charge in [0.25, 0.3) is 5.91 Å². The van der Waals surface area contributed by atoms with Gasteiger partial charge in [0.05, 0.1) is 45.6 Å². The van der Waals surface area contributed by atoms with Gasteiger partial charge in [0, 0.05) is 18.1 Å². The molecule has 2 amide bonds. The number of halogens is 4. The lowest BCUT2D eigenvalue weighted by atomic mass is 10.0. The topological polar surface area (TPSA) is 102 Å². The average Bonchev–Trinajstić information content (AvgIpc) is 3.29. The van der Waals surface area contributed by atoms with Crippen LogP contribution in [0.3, 0.4) is 0 Å². The number of hydrogen-bond acceptors (Lipinski definition) is 5. The molecule has 0 spiro atoms. The number of anilines is 2. The zero-order valence-corrected chi connectivity index (χ0v) is 18.8. The van der Waals surface area contributed by atoms with Gasteiger partial charge in [-0.25, -0.2) is 13.8 Å². The van der Waals surface area contributed by atoms with E-state index in [9.17, 15) is 14.0 Å². The van der Waals surface area contributed by atoms with Crippen LogP contribution in [0.25, 0.3) is 16.9 Å². The Morgan fingerprint density at radius 1 is 0.941 bits per heavy atom. The Labute approximate surface area is 201 Å². The van der Waals surface area contributed by atoms with Crippen LogP contribution >= 0.6 is 23.2 Å². The molecule has 0 radical (unpaired) electrons. The number of aromatic nitrogens is 4. The quantitative estimate of drug-likeness (QED) is 0.394. The predicted molar refractivity (Wildman–Crippen MR) is 123 cm³/mol. The molecule has 0 bridgehead atoms. The number of pyridine rings is 1. The van der Waals surface area contributed by atoms with Crippen molar-refractivity contribution in [1.82, 2.24) is 20.0 Å². The van der Waals surface area contributed by atoms with Crippen LogP contribution in [-0.2, 0) is 4.79 Å². The van der Waals surface area contributed by atoms with Crippen molar-refractivity contribution in [2.75, 3.05) is 10.6 Å². The summed E-state index contributed by atoms with van der Waals surface area (Å²) in [5.74, 6) is -2.33. The van der Waals surface area contributed by atoms with Crippen LogP contribution in [0.4, 0.5) is 20.2 Å². The fraction of sp³-hybridized carbons (Fsp3) is 0.0455. The van der Waals surface area contributed by atoms with Crippen molar-refractivity contribution in [3.8, 4) is 16.9 Å². The second kappa shape index (κ2) is 9.54. The minimum Gasteiger partial charge on any atom is -0.326 e. The van der Waals surface area contributed by atoms with Crippen LogP contribution in [0.5, 0.6) is 0 Å². The summed E-state index contributed by atoms with van der Waals surface area (Å²) in [6.07, 6.45) is 4.25. The summed E-state index contributed by atoms with van der Waals surface area (Å²) in [5, 5.41) is 13.0. The number of amides is 2. The van der Waals surface area contributed by atoms with Gasteiger partial charge in [0.1, 0.15) is 11.6 Å². The molecule has 0 fully saturated rings. The van der Waals surface area contributed by atoms with Crippen molar-refractivity contribution in [3.05, 3.63) is 82.2 Å². The molecule has 172 valence electrons. The minimum absolute atomic E-state index is 0.0221. The van der Waals surface area contributed by atoms with E-state index >= 15 is 4.39 Å². The molecule has 0 saturated heterocycles. The molecule has 0 atom stereocenters. The molecular formula is C22H14Cl2F2N6O2. The van der Waals surface area contributed by atoms with Gasteiger partial charge in [0.2, 0.25) is 5.91 Å². The highest BCUT2D eigenvalue weighted by Crippen LogP contribution is 2.34. The Bertz CT molecular complexity index is 1410. The van der Waals surface area contributed by atoms with Crippen molar-refractivity contribution in [1.29, 1.82) is 0 Å². The van der Waals surface area contributed by atoms with Gasteiger partial charge in [-0.1, -0.05) is 23.2 Å². The standard InChI is InChI=1S/C22H14Cl2F2N6O2/c1-11(33)30-20-6-12(25)2-3-14(20)15-8-17(23)16(9-19(15)26)22(34)31-13-7-18(24)21(27-10-13)32-28-4-5-29-32/h2-10H,1H3,(H,30,33)(H,31,34). The van der Waals surface area contributed by atoms with E-state index in [0.717, 1.165) is 18.2 Å². The van der Waals surface area contributed by atoms with Crippen LogP contribution in [0.1, 0.15) is 17.3 Å². The van der Waals surface area contributed by atoms with Crippen LogP contribution in [0.15, 0.2) is 55.0 Å². The number of rotatable bonds is 5. The molecule has 34 heavy (non-hydrogen) atoms. The van der Waals surface area contributed by atoms with Crippen molar-refractivity contribution in [2.24, 2.45) is 0 Å². The monoisotopic (exact) mass is 502 g/mol. The summed E-state index contributed by atoms with van der Waals surface area (Å²) >= 11 is 12.5. The summed E-state index contributed by atoms with van der Waals surface area (Å²) in [5.41, 5.74) is 0.318. The lowest BCUT2D eigenvalue weighted by Gasteiger charge is -2.14. The first kappa shape index (κ1) is 23.3. The highest BCUT2D eigenvalue weighted by molar-refractivity contribution is 6.35. The van der Waals surface area contributed by atoms with Gasteiger partial charge in [-0.05, 0) is 36.4 Å². The highest BCUT2D eigenvalue weighted by atomic mass is 35.5. The second-order valence-corrected chi connectivity index (χ2v) is 7.80. The molecular weight excluding hydrogens is 489 g/mol. The first-order valence-electron chi connectivity index (χ1n) is 9.63. The van der Waals surface area contributed by atoms with Crippen LogP contribution < -0.4 is 10.6 Å². The van der Waals surface area contributed by atoms with E-state index in [-0.39, 0.29) is 43.9 Å². The maximum absolute atomic E-state index is 15.0. The highest BCUT2D eigenvalue weighted by Gasteiger charge is 2.19. The zero-order valence-electron chi connectivity index (χ0n) is 17.3. The Morgan fingerprint density at radius 3 is 2.35 bits per heavy atom. The van der Waals surface area contributed by atoms with Crippen molar-refractivity contribution in [2.45, 2.75) is 6.92 Å². The van der Waals surface area contributed by atoms with E-state index in [1.54, 1.807) is 0 Å². The summed E-state index contributed by atoms with van der Waals surface area (Å²) in [4.78, 5) is 29.5. The fourth-order valence-electron chi connectivity index (χ4n) is 3.14. The van der Waals surface area contributed by atoms with Gasteiger partial charge < -0.3 is 10.6 Å². The molecule has 0 aliphatic carbocycles. The molecule has 2 aromatic carbocycles. The van der Waals surface area contributed by atoms with E-state index in [4.69, 9.17) is 23.2 Å². The number of carbonyl (C=O) groups excluding carboxylic acids is 2. The van der Waals surface area contributed by atoms with Crippen LogP contribution in [-0.4, -0.2) is 31.8 Å². The summed E-state index contributed by atoms with van der Waals surface area (Å²) in [6.45, 7) is 1.24. The van der Waals surface area contributed by atoms with Gasteiger partial charge in [-0.3, -0.25) is 9.59 Å². The second-order valence-electron chi connectivity index (χ2n) is 6.99. The zero-order chi connectivity index (χ0) is 24.4. The summed E-state index contributed by atoms with van der Waals surface area (Å²) in [7, 11) is 0. The first-order chi connectivity index (χ1) is 16.2. The van der Waals surface area contributed by atoms with Crippen molar-refractivity contribution < 1.29 is 18.4 Å². The third-order valence-corrected chi connectivity index (χ3v) is 5.16. The molecule has 2 aromatic heterocycles. The Hall–Kier alpha value is -3.89. The summed E-state index contributed by atoms with van der Waals surface area (Å²) in [6, 6.07) is 7.09. The third-order valence-electron chi connectivity index (χ3n) is 4.57. The normalized spacial score (nSPS) is 10.7. The van der Waals surface area contributed by atoms with Crippen LogP contribution in [0.2, 0.25) is 10.0 Å². The lowest BCUT2D eigenvalue weighted by molar-refractivity contribution is -0.114. The largest absolute Gasteiger partial charge is 0.326 e.